The van der Waals surface area contributed by atoms with Gasteiger partial charge in [0.05, 0.1) is 18.5 Å². The van der Waals surface area contributed by atoms with Crippen molar-refractivity contribution in [2.75, 3.05) is 0 Å². The first-order chi connectivity index (χ1) is 25.3. The van der Waals surface area contributed by atoms with Crippen LogP contribution in [0.4, 0.5) is 0 Å². The maximum atomic E-state index is 6.87. The molecule has 1 aliphatic heterocycles. The Kier molecular flexibility index (Phi) is 6.69. The van der Waals surface area contributed by atoms with Crippen molar-refractivity contribution in [2.45, 2.75) is 18.5 Å². The minimum Gasteiger partial charge on any atom is -0.456 e. The lowest BCUT2D eigenvalue weighted by molar-refractivity contribution is 0.204. The second kappa shape index (κ2) is 11.6. The van der Waals surface area contributed by atoms with Gasteiger partial charge in [0.1, 0.15) is 11.2 Å². The summed E-state index contributed by atoms with van der Waals surface area (Å²) in [6.45, 7) is 0. The van der Waals surface area contributed by atoms with Gasteiger partial charge in [-0.05, 0) is 52.6 Å². The average molecular weight is 694 g/mol. The van der Waals surface area contributed by atoms with E-state index in [2.05, 4.69) is 168 Å². The third kappa shape index (κ3) is 4.69. The molecule has 10 aromatic rings. The molecule has 4 nitrogen and oxygen atoms in total. The first kappa shape index (κ1) is 29.4. The Morgan fingerprint density at radius 2 is 1.10 bits per heavy atom. The van der Waals surface area contributed by atoms with Gasteiger partial charge in [-0.1, -0.05) is 121 Å². The van der Waals surface area contributed by atoms with Gasteiger partial charge in [-0.25, -0.2) is 0 Å². The summed E-state index contributed by atoms with van der Waals surface area (Å²) >= 11 is 3.71. The van der Waals surface area contributed by atoms with E-state index in [1.54, 1.807) is 0 Å². The van der Waals surface area contributed by atoms with Crippen LogP contribution in [0.25, 0.3) is 73.4 Å². The van der Waals surface area contributed by atoms with Crippen molar-refractivity contribution >= 4 is 85.0 Å². The summed E-state index contributed by atoms with van der Waals surface area (Å²) in [6, 6.07) is 54.6. The van der Waals surface area contributed by atoms with E-state index in [1.807, 2.05) is 22.7 Å². The van der Waals surface area contributed by atoms with Gasteiger partial charge in [0.25, 0.3) is 0 Å². The summed E-state index contributed by atoms with van der Waals surface area (Å²) in [7, 11) is 0. The van der Waals surface area contributed by atoms with E-state index >= 15 is 0 Å². The molecule has 0 amide bonds. The van der Waals surface area contributed by atoms with Gasteiger partial charge >= 0.3 is 0 Å². The number of rotatable bonds is 4. The SMILES string of the molecule is c1ccc(C2NC(c3cccc4c3oc3cc(-c5cccc6c5sc5ccccc56)ccc34)NC(c3cccc4sc5ccccc5c34)N2)cc1. The minimum absolute atomic E-state index is 0.0874. The van der Waals surface area contributed by atoms with Crippen LogP contribution in [-0.2, 0) is 0 Å². The fraction of sp³-hybridized carbons (Fsp3) is 0.0667. The van der Waals surface area contributed by atoms with Crippen molar-refractivity contribution in [1.29, 1.82) is 0 Å². The molecular weight excluding hydrogens is 663 g/mol. The molecule has 3 aromatic heterocycles. The van der Waals surface area contributed by atoms with Crippen molar-refractivity contribution in [2.24, 2.45) is 0 Å². The second-order valence-electron chi connectivity index (χ2n) is 13.3. The summed E-state index contributed by atoms with van der Waals surface area (Å²) in [5.41, 5.74) is 7.73. The fourth-order valence-corrected chi connectivity index (χ4v) is 10.5. The highest BCUT2D eigenvalue weighted by Gasteiger charge is 2.32. The average Bonchev–Trinajstić information content (AvgIpc) is 3.89. The smallest absolute Gasteiger partial charge is 0.141 e. The molecule has 4 heterocycles. The number of nitrogens with one attached hydrogen (secondary N) is 3. The highest BCUT2D eigenvalue weighted by atomic mass is 32.1. The highest BCUT2D eigenvalue weighted by Crippen LogP contribution is 2.43. The summed E-state index contributed by atoms with van der Waals surface area (Å²) in [5, 5.41) is 19.2. The zero-order valence-corrected chi connectivity index (χ0v) is 29.0. The normalized spacial score (nSPS) is 18.2. The molecule has 0 radical (unpaired) electrons. The van der Waals surface area contributed by atoms with Gasteiger partial charge in [-0.2, -0.15) is 0 Å². The van der Waals surface area contributed by atoms with E-state index in [4.69, 9.17) is 4.42 Å². The summed E-state index contributed by atoms with van der Waals surface area (Å²) in [6.07, 6.45) is -0.385. The van der Waals surface area contributed by atoms with Crippen LogP contribution in [0.3, 0.4) is 0 Å². The molecule has 0 bridgehead atoms. The zero-order chi connectivity index (χ0) is 33.5. The Morgan fingerprint density at radius 3 is 1.98 bits per heavy atom. The van der Waals surface area contributed by atoms with Crippen LogP contribution < -0.4 is 16.0 Å². The Balaban J connectivity index is 1.04. The van der Waals surface area contributed by atoms with Gasteiger partial charge in [-0.15, -0.1) is 22.7 Å². The monoisotopic (exact) mass is 693 g/mol. The Bertz CT molecular complexity index is 2940. The lowest BCUT2D eigenvalue weighted by Crippen LogP contribution is -2.54. The Hall–Kier alpha value is -5.34. The third-order valence-electron chi connectivity index (χ3n) is 10.4. The van der Waals surface area contributed by atoms with Gasteiger partial charge in [-0.3, -0.25) is 16.0 Å². The Labute approximate surface area is 302 Å². The maximum absolute atomic E-state index is 6.87. The minimum atomic E-state index is -0.183. The molecule has 6 heteroatoms. The number of benzene rings is 7. The van der Waals surface area contributed by atoms with Crippen LogP contribution in [0.5, 0.6) is 0 Å². The highest BCUT2D eigenvalue weighted by molar-refractivity contribution is 7.26. The first-order valence-electron chi connectivity index (χ1n) is 17.4. The molecule has 3 N–H and O–H groups in total. The van der Waals surface area contributed by atoms with E-state index in [0.717, 1.165) is 27.5 Å². The van der Waals surface area contributed by atoms with Crippen LogP contribution in [0, 0.1) is 0 Å². The maximum Gasteiger partial charge on any atom is 0.141 e. The summed E-state index contributed by atoms with van der Waals surface area (Å²) in [4.78, 5) is 0. The van der Waals surface area contributed by atoms with Crippen LogP contribution in [-0.4, -0.2) is 0 Å². The fourth-order valence-electron chi connectivity index (χ4n) is 8.07. The van der Waals surface area contributed by atoms with Crippen molar-refractivity contribution in [3.8, 4) is 11.1 Å². The van der Waals surface area contributed by atoms with Gasteiger partial charge in [0, 0.05) is 56.7 Å². The lowest BCUT2D eigenvalue weighted by atomic mass is 9.99. The predicted octanol–water partition coefficient (Wildman–Crippen LogP) is 12.2. The molecule has 7 aromatic carbocycles. The Morgan fingerprint density at radius 1 is 0.451 bits per heavy atom. The van der Waals surface area contributed by atoms with Crippen molar-refractivity contribution in [3.05, 3.63) is 168 Å². The molecule has 0 saturated carbocycles. The van der Waals surface area contributed by atoms with Gasteiger partial charge in [0.2, 0.25) is 0 Å². The molecule has 3 atom stereocenters. The molecule has 1 aliphatic rings. The molecule has 0 aliphatic carbocycles. The van der Waals surface area contributed by atoms with E-state index in [-0.39, 0.29) is 18.5 Å². The zero-order valence-electron chi connectivity index (χ0n) is 27.4. The molecule has 3 unspecified atom stereocenters. The topological polar surface area (TPSA) is 49.2 Å². The molecule has 11 rings (SSSR count). The number of thiophene rings is 2. The number of hydrogen-bond acceptors (Lipinski definition) is 6. The lowest BCUT2D eigenvalue weighted by Gasteiger charge is -2.39. The van der Waals surface area contributed by atoms with E-state index in [1.165, 1.54) is 62.6 Å². The van der Waals surface area contributed by atoms with Crippen molar-refractivity contribution in [3.63, 3.8) is 0 Å². The summed E-state index contributed by atoms with van der Waals surface area (Å²) in [5.74, 6) is 0. The third-order valence-corrected chi connectivity index (χ3v) is 12.8. The molecule has 1 fully saturated rings. The van der Waals surface area contributed by atoms with Crippen molar-refractivity contribution < 1.29 is 4.42 Å². The van der Waals surface area contributed by atoms with Crippen molar-refractivity contribution in [1.82, 2.24) is 16.0 Å². The van der Waals surface area contributed by atoms with Crippen LogP contribution in [0.2, 0.25) is 0 Å². The molecule has 51 heavy (non-hydrogen) atoms. The van der Waals surface area contributed by atoms with E-state index in [0.29, 0.717) is 0 Å². The van der Waals surface area contributed by atoms with E-state index in [9.17, 15) is 0 Å². The van der Waals surface area contributed by atoms with Gasteiger partial charge in [0.15, 0.2) is 0 Å². The number of para-hydroxylation sites is 1. The molecule has 1 saturated heterocycles. The largest absolute Gasteiger partial charge is 0.456 e. The van der Waals surface area contributed by atoms with Crippen LogP contribution >= 0.6 is 22.7 Å². The van der Waals surface area contributed by atoms with Crippen LogP contribution in [0.1, 0.15) is 35.2 Å². The number of furan rings is 1. The quantitative estimate of drug-likeness (QED) is 0.172. The molecular formula is C45H31N3OS2. The molecule has 0 spiro atoms. The first-order valence-corrected chi connectivity index (χ1v) is 19.0. The number of hydrogen-bond donors (Lipinski definition) is 3. The predicted molar refractivity (Wildman–Crippen MR) is 215 cm³/mol. The number of fused-ring (bicyclic) bond motifs is 9. The van der Waals surface area contributed by atoms with Crippen LogP contribution in [0.15, 0.2) is 156 Å². The second-order valence-corrected chi connectivity index (χ2v) is 15.5. The standard InChI is InChI=1S/C45H31N3OS2/c1-2-11-26(12-3-1)43-46-44(34-18-10-22-39-40(34)33-14-5-7-21-38(33)50-39)48-45(47-43)35-19-9-16-31-29-24-23-27(25-36(29)49-41(31)35)28-15-8-17-32-30-13-4-6-20-37(30)51-42(28)32/h1-25,43-48H. The molecule has 244 valence electrons. The van der Waals surface area contributed by atoms with E-state index < -0.39 is 0 Å². The van der Waals surface area contributed by atoms with Gasteiger partial charge < -0.3 is 4.42 Å². The summed E-state index contributed by atoms with van der Waals surface area (Å²) < 4.78 is 12.1.